The Hall–Kier alpha value is -3.06. The Morgan fingerprint density at radius 2 is 1.76 bits per heavy atom. The molecule has 1 unspecified atom stereocenters. The van der Waals surface area contributed by atoms with Crippen LogP contribution in [0.4, 0.5) is 23.7 Å². The molecule has 1 saturated heterocycles. The molecule has 2 atom stereocenters. The van der Waals surface area contributed by atoms with E-state index in [4.69, 9.17) is 19.9 Å². The highest BCUT2D eigenvalue weighted by atomic mass is 19.4. The normalized spacial score (nSPS) is 16.9. The maximum atomic E-state index is 14.3. The number of hydrogen-bond acceptors (Lipinski definition) is 8. The summed E-state index contributed by atoms with van der Waals surface area (Å²) in [5, 5.41) is 0. The van der Waals surface area contributed by atoms with E-state index in [0.717, 1.165) is 12.1 Å². The fraction of sp³-hybridized carbons (Fsp3) is 0.690. The summed E-state index contributed by atoms with van der Waals surface area (Å²) in [7, 11) is 4.34. The average Bonchev–Trinajstić information content (AvgIpc) is 2.92. The van der Waals surface area contributed by atoms with Gasteiger partial charge in [0.15, 0.2) is 11.9 Å². The summed E-state index contributed by atoms with van der Waals surface area (Å²) in [5.41, 5.74) is 1.74. The number of hydrogen-bond donors (Lipinski definition) is 1. The molecule has 13 heteroatoms. The van der Waals surface area contributed by atoms with E-state index in [1.807, 2.05) is 13.8 Å². The van der Waals surface area contributed by atoms with Gasteiger partial charge in [0.1, 0.15) is 11.4 Å². The van der Waals surface area contributed by atoms with Crippen LogP contribution in [0.25, 0.3) is 0 Å². The average molecular weight is 605 g/mol. The Bertz CT molecular complexity index is 1060. The van der Waals surface area contributed by atoms with Crippen molar-refractivity contribution in [3.8, 4) is 5.75 Å². The SMILES string of the molecule is CC.COCC(C)(C=O)Oc1cc(C(F)(F)F)c(C(=O)N(C)[C@@H]2CCCN(C(=O)OC(C)(C)C)C2)cc1N(C)CCN. The quantitative estimate of drug-likeness (QED) is 0.386. The van der Waals surface area contributed by atoms with Crippen LogP contribution < -0.4 is 15.4 Å². The predicted octanol–water partition coefficient (Wildman–Crippen LogP) is 4.58. The minimum absolute atomic E-state index is 0.119. The zero-order chi connectivity index (χ0) is 32.5. The molecule has 1 aromatic carbocycles. The molecule has 42 heavy (non-hydrogen) atoms. The van der Waals surface area contributed by atoms with Gasteiger partial charge in [-0.3, -0.25) is 9.59 Å². The Morgan fingerprint density at radius 3 is 2.26 bits per heavy atom. The van der Waals surface area contributed by atoms with Crippen LogP contribution in [0.3, 0.4) is 0 Å². The molecule has 0 radical (unpaired) electrons. The number of aldehydes is 1. The first-order valence-corrected chi connectivity index (χ1v) is 14.0. The molecule has 0 spiro atoms. The van der Waals surface area contributed by atoms with Crippen LogP contribution in [-0.2, 0) is 20.4 Å². The van der Waals surface area contributed by atoms with Crippen LogP contribution in [-0.4, -0.2) is 99.3 Å². The van der Waals surface area contributed by atoms with Crippen LogP contribution in [0.5, 0.6) is 5.75 Å². The minimum Gasteiger partial charge on any atom is -0.475 e. The first-order chi connectivity index (χ1) is 19.5. The summed E-state index contributed by atoms with van der Waals surface area (Å²) in [4.78, 5) is 42.2. The van der Waals surface area contributed by atoms with Gasteiger partial charge in [-0.15, -0.1) is 0 Å². The number of amides is 2. The number of anilines is 1. The summed E-state index contributed by atoms with van der Waals surface area (Å²) < 4.78 is 59.2. The van der Waals surface area contributed by atoms with Gasteiger partial charge in [-0.1, -0.05) is 13.8 Å². The largest absolute Gasteiger partial charge is 0.475 e. The molecule has 0 aliphatic carbocycles. The standard InChI is InChI=1S/C27H41F3N4O6.C2H6/c1-25(2,3)40-24(37)34-11-8-9-18(15-34)33(6)23(36)19-13-21(32(5)12-10-31)22(14-20(19)27(28,29)30)39-26(4,16-35)17-38-7;1-2/h13-14,16,18H,8-12,15,17,31H2,1-7H3;1-2H3/t18-,26?;/m1./s1. The summed E-state index contributed by atoms with van der Waals surface area (Å²) in [6.07, 6.45) is -3.96. The van der Waals surface area contributed by atoms with E-state index < -0.39 is 46.5 Å². The predicted molar refractivity (Wildman–Crippen MR) is 155 cm³/mol. The number of nitrogens with zero attached hydrogens (tertiary/aromatic N) is 3. The fourth-order valence-electron chi connectivity index (χ4n) is 4.42. The molecule has 0 saturated carbocycles. The summed E-state index contributed by atoms with van der Waals surface area (Å²) in [6.45, 7) is 11.3. The van der Waals surface area contributed by atoms with E-state index in [9.17, 15) is 27.6 Å². The molecule has 10 nitrogen and oxygen atoms in total. The number of methoxy groups -OCH3 is 1. The number of halogens is 3. The molecule has 1 aliphatic rings. The van der Waals surface area contributed by atoms with E-state index in [0.29, 0.717) is 25.7 Å². The van der Waals surface area contributed by atoms with Gasteiger partial charge in [-0.25, -0.2) is 4.79 Å². The molecule has 2 amide bonds. The molecule has 240 valence electrons. The number of rotatable bonds is 10. The van der Waals surface area contributed by atoms with Gasteiger partial charge in [-0.2, -0.15) is 13.2 Å². The summed E-state index contributed by atoms with van der Waals surface area (Å²) >= 11 is 0. The molecular weight excluding hydrogens is 557 g/mol. The Balaban J connectivity index is 0.00000431. The van der Waals surface area contributed by atoms with E-state index in [1.54, 1.807) is 32.7 Å². The number of likely N-dealkylation sites (tertiary alicyclic amines) is 1. The molecule has 2 N–H and O–H groups in total. The number of nitrogens with two attached hydrogens (primary N) is 1. The highest BCUT2D eigenvalue weighted by Crippen LogP contribution is 2.41. The van der Waals surface area contributed by atoms with Crippen LogP contribution in [0.15, 0.2) is 12.1 Å². The third-order valence-corrected chi connectivity index (χ3v) is 6.45. The second-order valence-corrected chi connectivity index (χ2v) is 11.2. The Morgan fingerprint density at radius 1 is 1.14 bits per heavy atom. The molecule has 0 aromatic heterocycles. The number of alkyl halides is 3. The highest BCUT2D eigenvalue weighted by Gasteiger charge is 2.40. The van der Waals surface area contributed by atoms with Crippen LogP contribution in [0.2, 0.25) is 0 Å². The van der Waals surface area contributed by atoms with Crippen molar-refractivity contribution in [3.05, 3.63) is 23.3 Å². The third kappa shape index (κ3) is 10.0. The molecule has 0 bridgehead atoms. The number of carbonyl (C=O) groups is 3. The van der Waals surface area contributed by atoms with Crippen LogP contribution >= 0.6 is 0 Å². The van der Waals surface area contributed by atoms with E-state index in [2.05, 4.69) is 0 Å². The molecule has 1 fully saturated rings. The molecule has 1 heterocycles. The van der Waals surface area contributed by atoms with Crippen molar-refractivity contribution in [2.24, 2.45) is 5.73 Å². The van der Waals surface area contributed by atoms with Crippen molar-refractivity contribution in [2.75, 3.05) is 58.9 Å². The maximum absolute atomic E-state index is 14.3. The molecular formula is C29H47F3N4O6. The van der Waals surface area contributed by atoms with E-state index in [-0.39, 0.29) is 37.7 Å². The highest BCUT2D eigenvalue weighted by molar-refractivity contribution is 5.97. The number of carbonyl (C=O) groups excluding carboxylic acids is 3. The van der Waals surface area contributed by atoms with Crippen LogP contribution in [0.1, 0.15) is 70.3 Å². The van der Waals surface area contributed by atoms with Crippen molar-refractivity contribution in [2.45, 2.75) is 77.8 Å². The summed E-state index contributed by atoms with van der Waals surface area (Å²) in [6, 6.07) is 1.31. The van der Waals surface area contributed by atoms with Gasteiger partial charge >= 0.3 is 12.3 Å². The van der Waals surface area contributed by atoms with Gasteiger partial charge in [0.05, 0.1) is 23.4 Å². The minimum atomic E-state index is -4.91. The topological polar surface area (TPSA) is 115 Å². The van der Waals surface area contributed by atoms with Gasteiger partial charge in [0.2, 0.25) is 0 Å². The maximum Gasteiger partial charge on any atom is 0.417 e. The lowest BCUT2D eigenvalue weighted by molar-refractivity contribution is -0.138. The van der Waals surface area contributed by atoms with Crippen molar-refractivity contribution >= 4 is 24.0 Å². The summed E-state index contributed by atoms with van der Waals surface area (Å²) in [5.74, 6) is -1.12. The Kier molecular flexibility index (Phi) is 13.6. The lowest BCUT2D eigenvalue weighted by atomic mass is 10.00. The molecule has 2 rings (SSSR count). The smallest absolute Gasteiger partial charge is 0.417 e. The van der Waals surface area contributed by atoms with Gasteiger partial charge in [0.25, 0.3) is 5.91 Å². The molecule has 1 aliphatic heterocycles. The van der Waals surface area contributed by atoms with Crippen molar-refractivity contribution < 1.29 is 41.8 Å². The lowest BCUT2D eigenvalue weighted by Gasteiger charge is -2.38. The fourth-order valence-corrected chi connectivity index (χ4v) is 4.42. The first kappa shape index (κ1) is 37.0. The number of ether oxygens (including phenoxy) is 3. The number of likely N-dealkylation sites (N-methyl/N-ethyl adjacent to an activating group) is 2. The molecule has 1 aromatic rings. The zero-order valence-corrected chi connectivity index (χ0v) is 26.3. The third-order valence-electron chi connectivity index (χ3n) is 6.45. The van der Waals surface area contributed by atoms with Crippen molar-refractivity contribution in [1.29, 1.82) is 0 Å². The van der Waals surface area contributed by atoms with Crippen LogP contribution in [0, 0.1) is 0 Å². The first-order valence-electron chi connectivity index (χ1n) is 14.0. The zero-order valence-electron chi connectivity index (χ0n) is 26.3. The van der Waals surface area contributed by atoms with Gasteiger partial charge in [0, 0.05) is 53.4 Å². The second kappa shape index (κ2) is 15.4. The van der Waals surface area contributed by atoms with Crippen molar-refractivity contribution in [1.82, 2.24) is 9.80 Å². The lowest BCUT2D eigenvalue weighted by Crippen LogP contribution is -2.51. The number of piperidine rings is 1. The van der Waals surface area contributed by atoms with Gasteiger partial charge in [-0.05, 0) is 52.7 Å². The van der Waals surface area contributed by atoms with E-state index in [1.165, 1.54) is 30.9 Å². The second-order valence-electron chi connectivity index (χ2n) is 11.2. The van der Waals surface area contributed by atoms with Gasteiger partial charge < -0.3 is 34.6 Å². The monoisotopic (exact) mass is 604 g/mol. The number of benzene rings is 1. The van der Waals surface area contributed by atoms with Crippen molar-refractivity contribution in [3.63, 3.8) is 0 Å². The van der Waals surface area contributed by atoms with E-state index >= 15 is 0 Å². The Labute approximate surface area is 247 Å².